The Labute approximate surface area is 208 Å². The van der Waals surface area contributed by atoms with E-state index in [9.17, 15) is 19.2 Å². The first kappa shape index (κ1) is 24.5. The molecule has 0 spiro atoms. The second-order valence-electron chi connectivity index (χ2n) is 8.09. The summed E-state index contributed by atoms with van der Waals surface area (Å²) in [5.74, 6) is -1.24. The Hall–Kier alpha value is -4.66. The van der Waals surface area contributed by atoms with Gasteiger partial charge in [-0.25, -0.2) is 9.91 Å². The van der Waals surface area contributed by atoms with Gasteiger partial charge < -0.3 is 9.47 Å². The number of hydrogen-bond acceptors (Lipinski definition) is 6. The summed E-state index contributed by atoms with van der Waals surface area (Å²) in [5.41, 5.74) is 3.84. The molecule has 1 fully saturated rings. The zero-order valence-electron chi connectivity index (χ0n) is 19.8. The number of benzene rings is 3. The van der Waals surface area contributed by atoms with Crippen LogP contribution >= 0.6 is 0 Å². The van der Waals surface area contributed by atoms with Crippen LogP contribution in [0.3, 0.4) is 0 Å². The minimum atomic E-state index is -1.22. The highest BCUT2D eigenvalue weighted by atomic mass is 16.5. The molecule has 1 N–H and O–H groups in total. The van der Waals surface area contributed by atoms with Gasteiger partial charge in [0.15, 0.2) is 0 Å². The van der Waals surface area contributed by atoms with Gasteiger partial charge >= 0.3 is 0 Å². The largest absolute Gasteiger partial charge is 0.497 e. The molecule has 1 aliphatic rings. The molecule has 4 amide bonds. The van der Waals surface area contributed by atoms with Gasteiger partial charge in [0.2, 0.25) is 11.8 Å². The molecule has 1 heterocycles. The van der Waals surface area contributed by atoms with Crippen molar-refractivity contribution < 1.29 is 28.7 Å². The van der Waals surface area contributed by atoms with Crippen molar-refractivity contribution >= 4 is 29.3 Å². The number of nitrogens with zero attached hydrogens (tertiary/aromatic N) is 2. The molecule has 0 saturated carbocycles. The lowest BCUT2D eigenvalue weighted by atomic mass is 10.1. The molecule has 0 aliphatic carbocycles. The first-order valence-corrected chi connectivity index (χ1v) is 11.2. The van der Waals surface area contributed by atoms with Crippen LogP contribution in [0.1, 0.15) is 22.3 Å². The van der Waals surface area contributed by atoms with E-state index in [0.29, 0.717) is 17.2 Å². The van der Waals surface area contributed by atoms with Crippen molar-refractivity contribution in [2.24, 2.45) is 0 Å². The molecule has 36 heavy (non-hydrogen) atoms. The van der Waals surface area contributed by atoms with Crippen LogP contribution in [0.25, 0.3) is 0 Å². The maximum absolute atomic E-state index is 13.5. The first-order chi connectivity index (χ1) is 17.4. The monoisotopic (exact) mass is 487 g/mol. The smallest absolute Gasteiger partial charge is 0.273 e. The standard InChI is InChI=1S/C27H25N3O6/c1-35-21-13-11-19(12-14-21)26(33)30(28-24(31)15-18-7-4-3-5-8-18)23-17-25(32)29(27(23)34)20-9-6-10-22(16-20)36-2/h3-14,16,23H,15,17H2,1-2H3,(H,28,31). The maximum Gasteiger partial charge on any atom is 0.273 e. The zero-order valence-corrected chi connectivity index (χ0v) is 19.8. The summed E-state index contributed by atoms with van der Waals surface area (Å²) in [7, 11) is 2.98. The lowest BCUT2D eigenvalue weighted by molar-refractivity contribution is -0.128. The van der Waals surface area contributed by atoms with Crippen LogP contribution in [0.2, 0.25) is 0 Å². The van der Waals surface area contributed by atoms with Crippen molar-refractivity contribution in [1.82, 2.24) is 10.4 Å². The lowest BCUT2D eigenvalue weighted by Gasteiger charge is -2.28. The quantitative estimate of drug-likeness (QED) is 0.406. The summed E-state index contributed by atoms with van der Waals surface area (Å²) < 4.78 is 10.3. The molecule has 0 aromatic heterocycles. The highest BCUT2D eigenvalue weighted by molar-refractivity contribution is 6.23. The Morgan fingerprint density at radius 3 is 2.28 bits per heavy atom. The van der Waals surface area contributed by atoms with Gasteiger partial charge in [0.1, 0.15) is 17.5 Å². The third-order valence-electron chi connectivity index (χ3n) is 5.75. The number of hydrazine groups is 1. The van der Waals surface area contributed by atoms with Gasteiger partial charge in [-0.05, 0) is 42.0 Å². The van der Waals surface area contributed by atoms with E-state index in [0.717, 1.165) is 15.5 Å². The second kappa shape index (κ2) is 10.7. The average molecular weight is 488 g/mol. The zero-order chi connectivity index (χ0) is 25.7. The molecule has 3 aromatic carbocycles. The van der Waals surface area contributed by atoms with E-state index in [-0.39, 0.29) is 18.4 Å². The number of ether oxygens (including phenoxy) is 2. The Kier molecular flexibility index (Phi) is 7.29. The fourth-order valence-corrected chi connectivity index (χ4v) is 3.94. The van der Waals surface area contributed by atoms with Gasteiger partial charge in [-0.15, -0.1) is 0 Å². The Bertz CT molecular complexity index is 1280. The molecule has 0 bridgehead atoms. The number of amides is 4. The van der Waals surface area contributed by atoms with Crippen LogP contribution in [-0.4, -0.2) is 48.9 Å². The van der Waals surface area contributed by atoms with Crippen LogP contribution in [-0.2, 0) is 20.8 Å². The number of carbonyl (C=O) groups is 4. The second-order valence-corrected chi connectivity index (χ2v) is 8.09. The predicted molar refractivity (Wildman–Crippen MR) is 131 cm³/mol. The maximum atomic E-state index is 13.5. The van der Waals surface area contributed by atoms with E-state index in [1.165, 1.54) is 26.4 Å². The van der Waals surface area contributed by atoms with Crippen molar-refractivity contribution in [2.75, 3.05) is 19.1 Å². The van der Waals surface area contributed by atoms with Gasteiger partial charge in [0.25, 0.3) is 11.8 Å². The number of hydrogen-bond donors (Lipinski definition) is 1. The molecule has 4 rings (SSSR count). The van der Waals surface area contributed by atoms with Crippen LogP contribution in [0.5, 0.6) is 11.5 Å². The Morgan fingerprint density at radius 2 is 1.61 bits per heavy atom. The molecule has 1 atom stereocenters. The van der Waals surface area contributed by atoms with Gasteiger partial charge in [-0.1, -0.05) is 36.4 Å². The summed E-state index contributed by atoms with van der Waals surface area (Å²) in [6, 6.07) is 20.5. The van der Waals surface area contributed by atoms with Crippen molar-refractivity contribution in [3.8, 4) is 11.5 Å². The number of carbonyl (C=O) groups excluding carboxylic acids is 4. The Morgan fingerprint density at radius 1 is 0.917 bits per heavy atom. The van der Waals surface area contributed by atoms with E-state index in [1.54, 1.807) is 60.7 Å². The summed E-state index contributed by atoms with van der Waals surface area (Å²) in [6.07, 6.45) is -0.300. The highest BCUT2D eigenvalue weighted by Gasteiger charge is 2.45. The third-order valence-corrected chi connectivity index (χ3v) is 5.75. The summed E-state index contributed by atoms with van der Waals surface area (Å²) in [4.78, 5) is 53.7. The van der Waals surface area contributed by atoms with E-state index >= 15 is 0 Å². The number of methoxy groups -OCH3 is 2. The van der Waals surface area contributed by atoms with E-state index < -0.39 is 29.7 Å². The molecule has 3 aromatic rings. The van der Waals surface area contributed by atoms with E-state index in [1.807, 2.05) is 6.07 Å². The lowest BCUT2D eigenvalue weighted by Crippen LogP contribution is -2.55. The summed E-state index contributed by atoms with van der Waals surface area (Å²) in [6.45, 7) is 0. The van der Waals surface area contributed by atoms with Crippen LogP contribution in [0, 0.1) is 0 Å². The molecule has 1 saturated heterocycles. The van der Waals surface area contributed by atoms with Crippen LogP contribution in [0.15, 0.2) is 78.9 Å². The third kappa shape index (κ3) is 5.20. The van der Waals surface area contributed by atoms with Crippen molar-refractivity contribution in [3.05, 3.63) is 90.0 Å². The highest BCUT2D eigenvalue weighted by Crippen LogP contribution is 2.28. The SMILES string of the molecule is COc1ccc(C(=O)N(NC(=O)Cc2ccccc2)C2CC(=O)N(c3cccc(OC)c3)C2=O)cc1. The first-order valence-electron chi connectivity index (χ1n) is 11.2. The number of rotatable bonds is 7. The van der Waals surface area contributed by atoms with Gasteiger partial charge in [-0.3, -0.25) is 24.6 Å². The predicted octanol–water partition coefficient (Wildman–Crippen LogP) is 2.75. The minimum absolute atomic E-state index is 0.0122. The number of anilines is 1. The molecule has 0 radical (unpaired) electrons. The topological polar surface area (TPSA) is 105 Å². The summed E-state index contributed by atoms with van der Waals surface area (Å²) >= 11 is 0. The molecule has 184 valence electrons. The normalized spacial score (nSPS) is 14.9. The van der Waals surface area contributed by atoms with E-state index in [2.05, 4.69) is 5.43 Å². The molecular weight excluding hydrogens is 462 g/mol. The molecule has 1 unspecified atom stereocenters. The van der Waals surface area contributed by atoms with Gasteiger partial charge in [0, 0.05) is 11.6 Å². The molecular formula is C27H25N3O6. The van der Waals surface area contributed by atoms with Gasteiger partial charge in [0.05, 0.1) is 32.7 Å². The Balaban J connectivity index is 1.63. The number of nitrogens with one attached hydrogen (secondary N) is 1. The fourth-order valence-electron chi connectivity index (χ4n) is 3.94. The average Bonchev–Trinajstić information content (AvgIpc) is 3.20. The van der Waals surface area contributed by atoms with Crippen LogP contribution < -0.4 is 19.8 Å². The van der Waals surface area contributed by atoms with Crippen molar-refractivity contribution in [3.63, 3.8) is 0 Å². The van der Waals surface area contributed by atoms with E-state index in [4.69, 9.17) is 9.47 Å². The molecule has 9 heteroatoms. The molecule has 1 aliphatic heterocycles. The number of imide groups is 1. The fraction of sp³-hybridized carbons (Fsp3) is 0.185. The van der Waals surface area contributed by atoms with Gasteiger partial charge in [-0.2, -0.15) is 0 Å². The van der Waals surface area contributed by atoms with Crippen LogP contribution in [0.4, 0.5) is 5.69 Å². The minimum Gasteiger partial charge on any atom is -0.497 e. The molecule has 9 nitrogen and oxygen atoms in total. The van der Waals surface area contributed by atoms with Crippen molar-refractivity contribution in [2.45, 2.75) is 18.9 Å². The van der Waals surface area contributed by atoms with Crippen molar-refractivity contribution in [1.29, 1.82) is 0 Å². The summed E-state index contributed by atoms with van der Waals surface area (Å²) in [5, 5.41) is 0.952.